The maximum absolute atomic E-state index is 9.33. The van der Waals surface area contributed by atoms with Crippen LogP contribution in [-0.2, 0) is 0 Å². The summed E-state index contributed by atoms with van der Waals surface area (Å²) >= 11 is 0. The van der Waals surface area contributed by atoms with Crippen LogP contribution >= 0.6 is 0 Å². The average molecular weight is 235 g/mol. The number of nitrogens with zero attached hydrogens (tertiary/aromatic N) is 1. The molecule has 0 saturated carbocycles. The van der Waals surface area contributed by atoms with E-state index >= 15 is 0 Å². The van der Waals surface area contributed by atoms with E-state index in [9.17, 15) is 10.2 Å². The molecule has 0 heterocycles. The van der Waals surface area contributed by atoms with Crippen molar-refractivity contribution in [1.29, 1.82) is 5.26 Å². The highest BCUT2D eigenvalue weighted by atomic mass is 16.3. The summed E-state index contributed by atoms with van der Waals surface area (Å²) < 4.78 is 0. The van der Waals surface area contributed by atoms with E-state index in [2.05, 4.69) is 5.32 Å². The fraction of sp³-hybridized carbons (Fsp3) is 0.417. The lowest BCUT2D eigenvalue weighted by molar-refractivity contribution is 0.132. The Bertz CT molecular complexity index is 414. The second-order valence-corrected chi connectivity index (χ2v) is 3.95. The van der Waals surface area contributed by atoms with Crippen molar-refractivity contribution in [2.75, 3.05) is 24.3 Å². The Morgan fingerprint density at radius 1 is 1.41 bits per heavy atom. The summed E-state index contributed by atoms with van der Waals surface area (Å²) in [6.07, 6.45) is 0.538. The number of aliphatic hydroxyl groups excluding tert-OH is 2. The number of nitrogens with two attached hydrogens (primary N) is 1. The molecule has 0 bridgehead atoms. The summed E-state index contributed by atoms with van der Waals surface area (Å²) in [7, 11) is 0. The Kier molecular flexibility index (Phi) is 4.32. The highest BCUT2D eigenvalue weighted by Crippen LogP contribution is 2.26. The molecule has 0 spiro atoms. The minimum absolute atomic E-state index is 0.212. The normalized spacial score (nSPS) is 10.9. The lowest BCUT2D eigenvalue weighted by Gasteiger charge is -2.31. The number of para-hydroxylation sites is 1. The summed E-state index contributed by atoms with van der Waals surface area (Å²) in [4.78, 5) is 0. The van der Waals surface area contributed by atoms with Crippen LogP contribution in [0.1, 0.15) is 18.9 Å². The molecule has 0 aliphatic rings. The van der Waals surface area contributed by atoms with E-state index < -0.39 is 5.54 Å². The van der Waals surface area contributed by atoms with Gasteiger partial charge in [0, 0.05) is 0 Å². The lowest BCUT2D eigenvalue weighted by Crippen LogP contribution is -2.45. The van der Waals surface area contributed by atoms with Crippen molar-refractivity contribution in [2.24, 2.45) is 0 Å². The third kappa shape index (κ3) is 2.67. The lowest BCUT2D eigenvalue weighted by atomic mass is 9.97. The first kappa shape index (κ1) is 13.3. The Morgan fingerprint density at radius 2 is 2.06 bits per heavy atom. The number of anilines is 2. The van der Waals surface area contributed by atoms with Crippen LogP contribution in [-0.4, -0.2) is 29.0 Å². The Balaban J connectivity index is 3.07. The summed E-state index contributed by atoms with van der Waals surface area (Å²) in [6, 6.07) is 7.02. The smallest absolute Gasteiger partial charge is 0.101 e. The van der Waals surface area contributed by atoms with Crippen LogP contribution in [0.5, 0.6) is 0 Å². The molecule has 5 heteroatoms. The molecule has 0 fully saturated rings. The quantitative estimate of drug-likeness (QED) is 0.562. The monoisotopic (exact) mass is 235 g/mol. The molecule has 5 N–H and O–H groups in total. The molecule has 1 rings (SSSR count). The van der Waals surface area contributed by atoms with Gasteiger partial charge in [0.2, 0.25) is 0 Å². The number of hydrogen-bond donors (Lipinski definition) is 4. The average Bonchev–Trinajstić information content (AvgIpc) is 2.38. The second kappa shape index (κ2) is 5.53. The number of hydrogen-bond acceptors (Lipinski definition) is 5. The van der Waals surface area contributed by atoms with Crippen LogP contribution in [0.15, 0.2) is 18.2 Å². The molecule has 0 aliphatic carbocycles. The van der Waals surface area contributed by atoms with E-state index in [1.54, 1.807) is 18.2 Å². The van der Waals surface area contributed by atoms with Gasteiger partial charge in [0.05, 0.1) is 35.7 Å². The number of nitriles is 1. The van der Waals surface area contributed by atoms with Crippen molar-refractivity contribution < 1.29 is 10.2 Å². The SMILES string of the molecule is CCC(CO)(CO)Nc1cccc(C#N)c1N. The molecule has 0 saturated heterocycles. The molecule has 5 nitrogen and oxygen atoms in total. The zero-order valence-corrected chi connectivity index (χ0v) is 9.77. The Hall–Kier alpha value is -1.77. The van der Waals surface area contributed by atoms with Gasteiger partial charge in [0.15, 0.2) is 0 Å². The summed E-state index contributed by atoms with van der Waals surface area (Å²) in [5, 5.41) is 30.5. The molecular weight excluding hydrogens is 218 g/mol. The van der Waals surface area contributed by atoms with E-state index in [0.29, 0.717) is 23.4 Å². The fourth-order valence-electron chi connectivity index (χ4n) is 1.50. The van der Waals surface area contributed by atoms with E-state index in [4.69, 9.17) is 11.0 Å². The van der Waals surface area contributed by atoms with Crippen molar-refractivity contribution in [3.8, 4) is 6.07 Å². The van der Waals surface area contributed by atoms with Gasteiger partial charge in [-0.2, -0.15) is 5.26 Å². The molecule has 0 atom stereocenters. The molecular formula is C12H17N3O2. The molecule has 0 aliphatic heterocycles. The number of nitrogens with one attached hydrogen (secondary N) is 1. The predicted molar refractivity (Wildman–Crippen MR) is 66.4 cm³/mol. The first-order chi connectivity index (χ1) is 8.12. The molecule has 0 amide bonds. The van der Waals surface area contributed by atoms with Gasteiger partial charge in [-0.3, -0.25) is 0 Å². The zero-order valence-electron chi connectivity index (χ0n) is 9.77. The zero-order chi connectivity index (χ0) is 12.9. The van der Waals surface area contributed by atoms with Crippen LogP contribution in [0.4, 0.5) is 11.4 Å². The summed E-state index contributed by atoms with van der Waals surface area (Å²) in [6.45, 7) is 1.43. The maximum atomic E-state index is 9.33. The molecule has 17 heavy (non-hydrogen) atoms. The number of benzene rings is 1. The number of nitrogen functional groups attached to an aromatic ring is 1. The standard InChI is InChI=1S/C12H17N3O2/c1-2-12(7-16,8-17)15-10-5-3-4-9(6-13)11(10)14/h3-5,15-17H,2,7-8,14H2,1H3. The molecule has 0 unspecified atom stereocenters. The molecule has 1 aromatic carbocycles. The van der Waals surface area contributed by atoms with Crippen LogP contribution in [0.25, 0.3) is 0 Å². The van der Waals surface area contributed by atoms with Crippen molar-refractivity contribution in [2.45, 2.75) is 18.9 Å². The van der Waals surface area contributed by atoms with Gasteiger partial charge in [-0.25, -0.2) is 0 Å². The molecule has 0 aromatic heterocycles. The fourth-order valence-corrected chi connectivity index (χ4v) is 1.50. The summed E-state index contributed by atoms with van der Waals surface area (Å²) in [5.41, 5.74) is 6.25. The van der Waals surface area contributed by atoms with Crippen molar-refractivity contribution in [1.82, 2.24) is 0 Å². The highest BCUT2D eigenvalue weighted by Gasteiger charge is 2.27. The maximum Gasteiger partial charge on any atom is 0.101 e. The topological polar surface area (TPSA) is 102 Å². The molecule has 0 radical (unpaired) electrons. The van der Waals surface area contributed by atoms with Crippen LogP contribution in [0.2, 0.25) is 0 Å². The van der Waals surface area contributed by atoms with Crippen molar-refractivity contribution in [3.05, 3.63) is 23.8 Å². The first-order valence-electron chi connectivity index (χ1n) is 5.41. The van der Waals surface area contributed by atoms with E-state index in [1.165, 1.54) is 0 Å². The van der Waals surface area contributed by atoms with Crippen LogP contribution in [0, 0.1) is 11.3 Å². The third-order valence-corrected chi connectivity index (χ3v) is 2.91. The minimum atomic E-state index is -0.817. The first-order valence-corrected chi connectivity index (χ1v) is 5.41. The van der Waals surface area contributed by atoms with Gasteiger partial charge in [0.1, 0.15) is 6.07 Å². The Morgan fingerprint density at radius 3 is 2.53 bits per heavy atom. The number of aliphatic hydroxyl groups is 2. The van der Waals surface area contributed by atoms with Crippen LogP contribution < -0.4 is 11.1 Å². The second-order valence-electron chi connectivity index (χ2n) is 3.95. The van der Waals surface area contributed by atoms with Crippen molar-refractivity contribution >= 4 is 11.4 Å². The van der Waals surface area contributed by atoms with E-state index in [-0.39, 0.29) is 13.2 Å². The van der Waals surface area contributed by atoms with Gasteiger partial charge in [-0.05, 0) is 18.6 Å². The van der Waals surface area contributed by atoms with E-state index in [0.717, 1.165) is 0 Å². The van der Waals surface area contributed by atoms with Gasteiger partial charge < -0.3 is 21.3 Å². The van der Waals surface area contributed by atoms with Crippen LogP contribution in [0.3, 0.4) is 0 Å². The number of rotatable bonds is 5. The van der Waals surface area contributed by atoms with Crippen molar-refractivity contribution in [3.63, 3.8) is 0 Å². The highest BCUT2D eigenvalue weighted by molar-refractivity contribution is 5.73. The summed E-state index contributed by atoms with van der Waals surface area (Å²) in [5.74, 6) is 0. The molecule has 1 aromatic rings. The van der Waals surface area contributed by atoms with Gasteiger partial charge in [-0.15, -0.1) is 0 Å². The van der Waals surface area contributed by atoms with E-state index in [1.807, 2.05) is 13.0 Å². The predicted octanol–water partition coefficient (Wildman–Crippen LogP) is 0.686. The minimum Gasteiger partial charge on any atom is -0.396 e. The third-order valence-electron chi connectivity index (χ3n) is 2.91. The van der Waals surface area contributed by atoms with Gasteiger partial charge in [0.25, 0.3) is 0 Å². The van der Waals surface area contributed by atoms with Gasteiger partial charge in [-0.1, -0.05) is 13.0 Å². The molecule has 92 valence electrons. The largest absolute Gasteiger partial charge is 0.396 e. The van der Waals surface area contributed by atoms with Gasteiger partial charge >= 0.3 is 0 Å². The Labute approximate surface area is 100 Å².